The number of ether oxygens (including phenoxy) is 1. The van der Waals surface area contributed by atoms with Gasteiger partial charge in [0.05, 0.1) is 18.8 Å². The highest BCUT2D eigenvalue weighted by Crippen LogP contribution is 2.16. The second kappa shape index (κ2) is 11.1. The van der Waals surface area contributed by atoms with Crippen molar-refractivity contribution in [1.29, 1.82) is 0 Å². The number of nitrogens with two attached hydrogens (primary N) is 1. The maximum absolute atomic E-state index is 12.6. The van der Waals surface area contributed by atoms with Crippen molar-refractivity contribution in [3.8, 4) is 0 Å². The lowest BCUT2D eigenvalue weighted by Gasteiger charge is -2.33. The number of hydrogen-bond acceptors (Lipinski definition) is 3. The standard InChI is InChI=1S/C22H28N2O2.ClH/c23-21(17-19-9-5-2-6-10-19)22(25)24-14-11-20(12-15-24)26-16-13-18-7-3-1-4-8-18;/h1-10,20-21H,11-17,23H2;1H/t21-;/m0./s1. The molecule has 0 saturated carbocycles. The summed E-state index contributed by atoms with van der Waals surface area (Å²) in [4.78, 5) is 14.5. The topological polar surface area (TPSA) is 55.6 Å². The average molecular weight is 389 g/mol. The van der Waals surface area contributed by atoms with E-state index in [9.17, 15) is 4.79 Å². The Bertz CT molecular complexity index is 673. The molecule has 1 aliphatic heterocycles. The Morgan fingerprint density at radius 2 is 1.56 bits per heavy atom. The number of likely N-dealkylation sites (tertiary alicyclic amines) is 1. The highest BCUT2D eigenvalue weighted by Gasteiger charge is 2.26. The van der Waals surface area contributed by atoms with E-state index in [1.54, 1.807) is 0 Å². The summed E-state index contributed by atoms with van der Waals surface area (Å²) in [6, 6.07) is 19.9. The van der Waals surface area contributed by atoms with Gasteiger partial charge in [0.1, 0.15) is 0 Å². The van der Waals surface area contributed by atoms with Crippen molar-refractivity contribution < 1.29 is 9.53 Å². The fraction of sp³-hybridized carbons (Fsp3) is 0.409. The molecule has 3 rings (SSSR count). The molecule has 0 spiro atoms. The summed E-state index contributed by atoms with van der Waals surface area (Å²) in [6.45, 7) is 2.20. The molecular formula is C22H29ClN2O2. The first-order chi connectivity index (χ1) is 12.7. The van der Waals surface area contributed by atoms with Crippen molar-refractivity contribution in [3.63, 3.8) is 0 Å². The van der Waals surface area contributed by atoms with E-state index in [2.05, 4.69) is 24.3 Å². The molecule has 0 aromatic heterocycles. The number of rotatable bonds is 7. The van der Waals surface area contributed by atoms with Crippen LogP contribution < -0.4 is 5.73 Å². The molecule has 0 unspecified atom stereocenters. The molecule has 0 aliphatic carbocycles. The Morgan fingerprint density at radius 3 is 2.15 bits per heavy atom. The third-order valence-electron chi connectivity index (χ3n) is 4.96. The molecule has 1 atom stereocenters. The van der Waals surface area contributed by atoms with Crippen LogP contribution in [0, 0.1) is 0 Å². The monoisotopic (exact) mass is 388 g/mol. The smallest absolute Gasteiger partial charge is 0.239 e. The highest BCUT2D eigenvalue weighted by molar-refractivity contribution is 5.85. The molecule has 1 heterocycles. The van der Waals surface area contributed by atoms with E-state index in [4.69, 9.17) is 10.5 Å². The van der Waals surface area contributed by atoms with E-state index in [1.807, 2.05) is 41.3 Å². The van der Waals surface area contributed by atoms with Crippen molar-refractivity contribution in [3.05, 3.63) is 71.8 Å². The summed E-state index contributed by atoms with van der Waals surface area (Å²) < 4.78 is 6.00. The zero-order valence-electron chi connectivity index (χ0n) is 15.6. The minimum absolute atomic E-state index is 0. The molecule has 4 nitrogen and oxygen atoms in total. The van der Waals surface area contributed by atoms with Crippen molar-refractivity contribution >= 4 is 18.3 Å². The van der Waals surface area contributed by atoms with Gasteiger partial charge in [-0.2, -0.15) is 0 Å². The van der Waals surface area contributed by atoms with Crippen molar-refractivity contribution in [1.82, 2.24) is 4.90 Å². The van der Waals surface area contributed by atoms with Gasteiger partial charge in [-0.15, -0.1) is 12.4 Å². The lowest BCUT2D eigenvalue weighted by Crippen LogP contribution is -2.49. The summed E-state index contributed by atoms with van der Waals surface area (Å²) >= 11 is 0. The van der Waals surface area contributed by atoms with Crippen molar-refractivity contribution in [2.45, 2.75) is 37.8 Å². The number of amides is 1. The Labute approximate surface area is 168 Å². The summed E-state index contributed by atoms with van der Waals surface area (Å²) in [5.41, 5.74) is 8.54. The van der Waals surface area contributed by atoms with Crippen LogP contribution in [0.1, 0.15) is 24.0 Å². The first-order valence-electron chi connectivity index (χ1n) is 9.46. The normalized spacial score (nSPS) is 15.8. The zero-order valence-corrected chi connectivity index (χ0v) is 16.4. The lowest BCUT2D eigenvalue weighted by molar-refractivity contribution is -0.135. The Hall–Kier alpha value is -1.88. The summed E-state index contributed by atoms with van der Waals surface area (Å²) in [6.07, 6.45) is 3.54. The molecule has 2 N–H and O–H groups in total. The van der Waals surface area contributed by atoms with Crippen LogP contribution in [0.3, 0.4) is 0 Å². The van der Waals surface area contributed by atoms with Gasteiger partial charge in [0.2, 0.25) is 5.91 Å². The van der Waals surface area contributed by atoms with Crippen LogP contribution in [-0.4, -0.2) is 42.6 Å². The molecule has 146 valence electrons. The fourth-order valence-corrected chi connectivity index (χ4v) is 3.42. The Kier molecular flexibility index (Phi) is 8.79. The van der Waals surface area contributed by atoms with E-state index >= 15 is 0 Å². The molecule has 1 aliphatic rings. The predicted molar refractivity (Wildman–Crippen MR) is 111 cm³/mol. The Morgan fingerprint density at radius 1 is 1.00 bits per heavy atom. The molecule has 5 heteroatoms. The molecule has 2 aromatic carbocycles. The van der Waals surface area contributed by atoms with E-state index in [0.29, 0.717) is 6.42 Å². The van der Waals surface area contributed by atoms with Gasteiger partial charge in [-0.1, -0.05) is 60.7 Å². The first kappa shape index (κ1) is 21.4. The van der Waals surface area contributed by atoms with Gasteiger partial charge in [0.15, 0.2) is 0 Å². The number of nitrogens with zero attached hydrogens (tertiary/aromatic N) is 1. The van der Waals surface area contributed by atoms with Gasteiger partial charge < -0.3 is 15.4 Å². The largest absolute Gasteiger partial charge is 0.378 e. The second-order valence-electron chi connectivity index (χ2n) is 6.93. The maximum Gasteiger partial charge on any atom is 0.239 e. The van der Waals surface area contributed by atoms with Gasteiger partial charge >= 0.3 is 0 Å². The van der Waals surface area contributed by atoms with Crippen LogP contribution >= 0.6 is 12.4 Å². The fourth-order valence-electron chi connectivity index (χ4n) is 3.42. The molecule has 0 bridgehead atoms. The quantitative estimate of drug-likeness (QED) is 0.792. The van der Waals surface area contributed by atoms with E-state index in [1.165, 1.54) is 5.56 Å². The van der Waals surface area contributed by atoms with Crippen LogP contribution in [0.2, 0.25) is 0 Å². The van der Waals surface area contributed by atoms with Gasteiger partial charge in [-0.05, 0) is 36.8 Å². The molecule has 1 saturated heterocycles. The summed E-state index contributed by atoms with van der Waals surface area (Å²) in [7, 11) is 0. The second-order valence-corrected chi connectivity index (χ2v) is 6.93. The summed E-state index contributed by atoms with van der Waals surface area (Å²) in [5.74, 6) is 0.0524. The molecule has 0 radical (unpaired) electrons. The van der Waals surface area contributed by atoms with Crippen LogP contribution in [-0.2, 0) is 22.4 Å². The minimum Gasteiger partial charge on any atom is -0.378 e. The zero-order chi connectivity index (χ0) is 18.2. The highest BCUT2D eigenvalue weighted by atomic mass is 35.5. The molecular weight excluding hydrogens is 360 g/mol. The van der Waals surface area contributed by atoms with Gasteiger partial charge in [-0.3, -0.25) is 4.79 Å². The summed E-state index contributed by atoms with van der Waals surface area (Å²) in [5, 5.41) is 0. The number of halogens is 1. The number of carbonyl (C=O) groups excluding carboxylic acids is 1. The SMILES string of the molecule is Cl.N[C@@H](Cc1ccccc1)C(=O)N1CCC(OCCc2ccccc2)CC1. The third kappa shape index (κ3) is 6.65. The van der Waals surface area contributed by atoms with Crippen molar-refractivity contribution in [2.24, 2.45) is 5.73 Å². The van der Waals surface area contributed by atoms with Crippen LogP contribution in [0.25, 0.3) is 0 Å². The number of piperidine rings is 1. The minimum atomic E-state index is -0.465. The molecule has 27 heavy (non-hydrogen) atoms. The van der Waals surface area contributed by atoms with Gasteiger partial charge in [-0.25, -0.2) is 0 Å². The third-order valence-corrected chi connectivity index (χ3v) is 4.96. The van der Waals surface area contributed by atoms with Gasteiger partial charge in [0, 0.05) is 13.1 Å². The van der Waals surface area contributed by atoms with Gasteiger partial charge in [0.25, 0.3) is 0 Å². The van der Waals surface area contributed by atoms with Crippen LogP contribution in [0.5, 0.6) is 0 Å². The number of hydrogen-bond donors (Lipinski definition) is 1. The van der Waals surface area contributed by atoms with Crippen LogP contribution in [0.4, 0.5) is 0 Å². The van der Waals surface area contributed by atoms with E-state index in [-0.39, 0.29) is 24.4 Å². The molecule has 1 fully saturated rings. The lowest BCUT2D eigenvalue weighted by atomic mass is 10.0. The molecule has 2 aromatic rings. The predicted octanol–water partition coefficient (Wildman–Crippen LogP) is 3.23. The van der Waals surface area contributed by atoms with E-state index in [0.717, 1.165) is 44.5 Å². The Balaban J connectivity index is 0.00000261. The molecule has 1 amide bonds. The number of benzene rings is 2. The first-order valence-corrected chi connectivity index (χ1v) is 9.46. The van der Waals surface area contributed by atoms with Crippen LogP contribution in [0.15, 0.2) is 60.7 Å². The van der Waals surface area contributed by atoms with E-state index < -0.39 is 6.04 Å². The number of carbonyl (C=O) groups is 1. The maximum atomic E-state index is 12.6. The van der Waals surface area contributed by atoms with Crippen molar-refractivity contribution in [2.75, 3.05) is 19.7 Å². The average Bonchev–Trinajstić information content (AvgIpc) is 2.69.